The lowest BCUT2D eigenvalue weighted by atomic mass is 10.3. The van der Waals surface area contributed by atoms with Crippen molar-refractivity contribution in [2.45, 2.75) is 34.3 Å². The number of benzene rings is 1. The maximum atomic E-state index is 12.2. The Hall–Kier alpha value is -4.00. The number of aryl methyl sites for hydroxylation is 4. The molecule has 0 aliphatic carbocycles. The fraction of sp³-hybridized carbons (Fsp3) is 0.200. The van der Waals surface area contributed by atoms with E-state index in [-0.39, 0.29) is 12.4 Å². The second kappa shape index (κ2) is 9.01. The number of hydrazone groups is 1. The van der Waals surface area contributed by atoms with Crippen molar-refractivity contribution in [3.63, 3.8) is 0 Å². The number of carbonyl (C=O) groups excluding carboxylic acids is 1. The highest BCUT2D eigenvalue weighted by atomic mass is 16.5. The summed E-state index contributed by atoms with van der Waals surface area (Å²) < 4.78 is 13.6. The van der Waals surface area contributed by atoms with Gasteiger partial charge in [-0.3, -0.25) is 4.79 Å². The Morgan fingerprint density at radius 1 is 1.06 bits per heavy atom. The Labute approximate surface area is 186 Å². The normalized spacial score (nSPS) is 11.2. The van der Waals surface area contributed by atoms with E-state index in [1.165, 1.54) is 11.4 Å². The number of amides is 1. The van der Waals surface area contributed by atoms with E-state index >= 15 is 0 Å². The second-order valence-corrected chi connectivity index (χ2v) is 7.73. The third kappa shape index (κ3) is 4.67. The molecule has 1 amide bonds. The highest BCUT2D eigenvalue weighted by Crippen LogP contribution is 2.21. The predicted octanol–water partition coefficient (Wildman–Crippen LogP) is 4.97. The first-order valence-corrected chi connectivity index (χ1v) is 10.4. The Kier molecular flexibility index (Phi) is 5.98. The summed E-state index contributed by atoms with van der Waals surface area (Å²) in [5, 5.41) is 4.00. The van der Waals surface area contributed by atoms with Crippen LogP contribution in [-0.2, 0) is 6.61 Å². The zero-order chi connectivity index (χ0) is 22.7. The van der Waals surface area contributed by atoms with Gasteiger partial charge in [-0.2, -0.15) is 5.10 Å². The van der Waals surface area contributed by atoms with Crippen molar-refractivity contribution in [3.8, 4) is 11.4 Å². The van der Waals surface area contributed by atoms with E-state index in [1.807, 2.05) is 44.2 Å². The Bertz CT molecular complexity index is 1240. The summed E-state index contributed by atoms with van der Waals surface area (Å²) >= 11 is 0. The number of ether oxygens (including phenoxy) is 1. The third-order valence-corrected chi connectivity index (χ3v) is 5.19. The van der Waals surface area contributed by atoms with E-state index < -0.39 is 5.91 Å². The Morgan fingerprint density at radius 3 is 2.44 bits per heavy atom. The lowest BCUT2D eigenvalue weighted by Crippen LogP contribution is -2.16. The van der Waals surface area contributed by atoms with Crippen molar-refractivity contribution in [3.05, 3.63) is 94.5 Å². The van der Waals surface area contributed by atoms with Crippen LogP contribution in [0.2, 0.25) is 0 Å². The second-order valence-electron chi connectivity index (χ2n) is 7.73. The maximum Gasteiger partial charge on any atom is 0.307 e. The number of furan rings is 1. The number of hydrogen-bond acceptors (Lipinski definition) is 4. The molecule has 7 nitrogen and oxygen atoms in total. The molecule has 3 aromatic heterocycles. The first-order valence-electron chi connectivity index (χ1n) is 10.4. The minimum atomic E-state index is -0.417. The average molecular weight is 431 g/mol. The molecule has 164 valence electrons. The van der Waals surface area contributed by atoms with Crippen molar-refractivity contribution in [1.29, 1.82) is 0 Å². The molecule has 32 heavy (non-hydrogen) atoms. The molecule has 7 heteroatoms. The lowest BCUT2D eigenvalue weighted by molar-refractivity contribution is 0.0923. The van der Waals surface area contributed by atoms with Gasteiger partial charge in [0, 0.05) is 34.0 Å². The molecule has 0 saturated carbocycles. The summed E-state index contributed by atoms with van der Waals surface area (Å²) in [7, 11) is 0. The van der Waals surface area contributed by atoms with Gasteiger partial charge in [0.1, 0.15) is 18.1 Å². The van der Waals surface area contributed by atoms with Crippen LogP contribution in [0.25, 0.3) is 5.69 Å². The molecular weight excluding hydrogens is 404 g/mol. The van der Waals surface area contributed by atoms with Crippen LogP contribution in [0.3, 0.4) is 0 Å². The minimum absolute atomic E-state index is 0.177. The molecule has 0 bridgehead atoms. The number of nitrogens with one attached hydrogen (secondary N) is 2. The molecule has 0 saturated heterocycles. The maximum absolute atomic E-state index is 12.2. The number of aromatic amines is 1. The Balaban J connectivity index is 1.32. The highest BCUT2D eigenvalue weighted by molar-refractivity contribution is 5.92. The molecule has 0 spiro atoms. The molecule has 4 rings (SSSR count). The number of rotatable bonds is 7. The Morgan fingerprint density at radius 2 is 1.78 bits per heavy atom. The highest BCUT2D eigenvalue weighted by Gasteiger charge is 2.11. The molecule has 0 fully saturated rings. The first kappa shape index (κ1) is 21.2. The molecule has 3 heterocycles. The van der Waals surface area contributed by atoms with Crippen LogP contribution in [0, 0.1) is 27.7 Å². The predicted molar refractivity (Wildman–Crippen MR) is 124 cm³/mol. The topological polar surface area (TPSA) is 84.5 Å². The molecule has 2 N–H and O–H groups in total. The van der Waals surface area contributed by atoms with Crippen molar-refractivity contribution < 1.29 is 13.9 Å². The van der Waals surface area contributed by atoms with Gasteiger partial charge in [-0.25, -0.2) is 5.43 Å². The van der Waals surface area contributed by atoms with Gasteiger partial charge < -0.3 is 18.7 Å². The van der Waals surface area contributed by atoms with Crippen LogP contribution in [0.4, 0.5) is 0 Å². The summed E-state index contributed by atoms with van der Waals surface area (Å²) in [6.45, 7) is 8.30. The number of carbonyl (C=O) groups is 1. The van der Waals surface area contributed by atoms with Gasteiger partial charge in [-0.1, -0.05) is 0 Å². The van der Waals surface area contributed by atoms with Crippen molar-refractivity contribution in [2.24, 2.45) is 5.10 Å². The van der Waals surface area contributed by atoms with Gasteiger partial charge in [0.25, 0.3) is 0 Å². The van der Waals surface area contributed by atoms with Crippen molar-refractivity contribution >= 4 is 12.1 Å². The zero-order valence-electron chi connectivity index (χ0n) is 18.6. The summed E-state index contributed by atoms with van der Waals surface area (Å²) in [5.41, 5.74) is 8.87. The van der Waals surface area contributed by atoms with Crippen LogP contribution < -0.4 is 10.2 Å². The van der Waals surface area contributed by atoms with Crippen LogP contribution >= 0.6 is 0 Å². The van der Waals surface area contributed by atoms with E-state index in [2.05, 4.69) is 46.1 Å². The summed E-state index contributed by atoms with van der Waals surface area (Å²) in [6, 6.07) is 17.4. The van der Waals surface area contributed by atoms with Gasteiger partial charge in [0.05, 0.1) is 6.21 Å². The van der Waals surface area contributed by atoms with Crippen LogP contribution in [0.5, 0.6) is 5.75 Å². The standard InChI is InChI=1S/C25H26N4O3/c1-16-13-20(19(4)27-16)14-26-28-25(30)24-12-11-23(32-24)15-31-22-9-7-21(8-10-22)29-17(2)5-6-18(29)3/h5-14,27H,15H2,1-4H3,(H,28,30). The van der Waals surface area contributed by atoms with Gasteiger partial charge >= 0.3 is 5.91 Å². The zero-order valence-corrected chi connectivity index (χ0v) is 18.6. The fourth-order valence-corrected chi connectivity index (χ4v) is 3.59. The van der Waals surface area contributed by atoms with Gasteiger partial charge in [0.15, 0.2) is 5.76 Å². The number of nitrogens with zero attached hydrogens (tertiary/aromatic N) is 2. The molecule has 0 atom stereocenters. The van der Waals surface area contributed by atoms with E-state index in [4.69, 9.17) is 9.15 Å². The molecule has 0 radical (unpaired) electrons. The van der Waals surface area contributed by atoms with Crippen LogP contribution in [0.1, 0.15) is 44.7 Å². The largest absolute Gasteiger partial charge is 0.486 e. The summed E-state index contributed by atoms with van der Waals surface area (Å²) in [4.78, 5) is 15.4. The van der Waals surface area contributed by atoms with Crippen molar-refractivity contribution in [1.82, 2.24) is 15.0 Å². The van der Waals surface area contributed by atoms with E-state index in [0.29, 0.717) is 5.76 Å². The van der Waals surface area contributed by atoms with Gasteiger partial charge in [0.2, 0.25) is 0 Å². The molecule has 0 unspecified atom stereocenters. The molecule has 0 aliphatic rings. The number of H-pyrrole nitrogens is 1. The molecule has 1 aromatic carbocycles. The molecule has 4 aromatic rings. The van der Waals surface area contributed by atoms with Crippen LogP contribution in [0.15, 0.2) is 64.1 Å². The number of hydrogen-bond donors (Lipinski definition) is 2. The van der Waals surface area contributed by atoms with Gasteiger partial charge in [-0.05, 0) is 82.3 Å². The van der Waals surface area contributed by atoms with E-state index in [1.54, 1.807) is 18.3 Å². The van der Waals surface area contributed by atoms with E-state index in [9.17, 15) is 4.79 Å². The average Bonchev–Trinajstić information content (AvgIpc) is 3.46. The monoisotopic (exact) mass is 430 g/mol. The van der Waals surface area contributed by atoms with Gasteiger partial charge in [-0.15, -0.1) is 0 Å². The molecule has 0 aliphatic heterocycles. The molecular formula is C25H26N4O3. The van der Waals surface area contributed by atoms with E-state index in [0.717, 1.165) is 28.4 Å². The first-order chi connectivity index (χ1) is 15.4. The summed E-state index contributed by atoms with van der Waals surface area (Å²) in [6.07, 6.45) is 1.60. The van der Waals surface area contributed by atoms with Crippen LogP contribution in [-0.4, -0.2) is 21.7 Å². The summed E-state index contributed by atoms with van der Waals surface area (Å²) in [5.74, 6) is 1.04. The van der Waals surface area contributed by atoms with Crippen molar-refractivity contribution in [2.75, 3.05) is 0 Å². The smallest absolute Gasteiger partial charge is 0.307 e. The minimum Gasteiger partial charge on any atom is -0.486 e. The number of aromatic nitrogens is 2. The quantitative estimate of drug-likeness (QED) is 0.320. The SMILES string of the molecule is Cc1cc(C=NNC(=O)c2ccc(COc3ccc(-n4c(C)ccc4C)cc3)o2)c(C)[nH]1. The lowest BCUT2D eigenvalue weighted by Gasteiger charge is -2.10. The third-order valence-electron chi connectivity index (χ3n) is 5.19. The fourth-order valence-electron chi connectivity index (χ4n) is 3.59.